The maximum absolute atomic E-state index is 14.0. The number of ether oxygens (including phenoxy) is 2. The molecule has 1 aromatic carbocycles. The molecule has 0 atom stereocenters. The standard InChI is InChI=1S/C14H18F2N2O2/c1-19-8-3-6-18(7-9-20-2)12-5-4-11(10-17)13(15)14(12)16/h4-5H,3,6-9H2,1-2H3. The number of benzene rings is 1. The Morgan fingerprint density at radius 1 is 1.10 bits per heavy atom. The molecule has 0 spiro atoms. The SMILES string of the molecule is COCCCN(CCOC)c1ccc(C#N)c(F)c1F. The lowest BCUT2D eigenvalue weighted by atomic mass is 10.1. The Balaban J connectivity index is 2.94. The van der Waals surface area contributed by atoms with Gasteiger partial charge in [-0.05, 0) is 18.6 Å². The summed E-state index contributed by atoms with van der Waals surface area (Å²) in [5.74, 6) is -2.11. The van der Waals surface area contributed by atoms with E-state index in [-0.39, 0.29) is 11.3 Å². The minimum atomic E-state index is -1.11. The van der Waals surface area contributed by atoms with Gasteiger partial charge < -0.3 is 14.4 Å². The number of nitriles is 1. The number of hydrogen-bond donors (Lipinski definition) is 0. The average molecular weight is 284 g/mol. The van der Waals surface area contributed by atoms with Crippen LogP contribution < -0.4 is 4.90 Å². The molecule has 0 aliphatic carbocycles. The summed E-state index contributed by atoms with van der Waals surface area (Å²) in [7, 11) is 3.13. The number of rotatable bonds is 8. The zero-order valence-electron chi connectivity index (χ0n) is 11.7. The van der Waals surface area contributed by atoms with Crippen LogP contribution in [0.1, 0.15) is 12.0 Å². The van der Waals surface area contributed by atoms with E-state index in [1.165, 1.54) is 12.1 Å². The topological polar surface area (TPSA) is 45.5 Å². The fourth-order valence-electron chi connectivity index (χ4n) is 1.82. The van der Waals surface area contributed by atoms with Crippen LogP contribution in [0.15, 0.2) is 12.1 Å². The van der Waals surface area contributed by atoms with Gasteiger partial charge in [-0.25, -0.2) is 8.78 Å². The highest BCUT2D eigenvalue weighted by Gasteiger charge is 2.17. The van der Waals surface area contributed by atoms with Crippen LogP contribution in [0.25, 0.3) is 0 Å². The van der Waals surface area contributed by atoms with Gasteiger partial charge in [-0.3, -0.25) is 0 Å². The Labute approximate surface area is 117 Å². The van der Waals surface area contributed by atoms with Gasteiger partial charge in [0.05, 0.1) is 17.9 Å². The van der Waals surface area contributed by atoms with E-state index >= 15 is 0 Å². The molecule has 0 aliphatic rings. The van der Waals surface area contributed by atoms with Crippen molar-refractivity contribution in [1.82, 2.24) is 0 Å². The zero-order chi connectivity index (χ0) is 15.0. The molecule has 0 N–H and O–H groups in total. The molecule has 0 aromatic heterocycles. The van der Waals surface area contributed by atoms with E-state index in [1.807, 2.05) is 0 Å². The first kappa shape index (κ1) is 16.3. The summed E-state index contributed by atoms with van der Waals surface area (Å²) in [5.41, 5.74) is -0.163. The predicted octanol–water partition coefficient (Wildman–Crippen LogP) is 2.33. The van der Waals surface area contributed by atoms with Crippen LogP contribution in [0.5, 0.6) is 0 Å². The molecular formula is C14H18F2N2O2. The Morgan fingerprint density at radius 2 is 1.80 bits per heavy atom. The quantitative estimate of drug-likeness (QED) is 0.687. The van der Waals surface area contributed by atoms with Gasteiger partial charge in [0.2, 0.25) is 0 Å². The van der Waals surface area contributed by atoms with E-state index in [4.69, 9.17) is 14.7 Å². The highest BCUT2D eigenvalue weighted by atomic mass is 19.2. The highest BCUT2D eigenvalue weighted by molar-refractivity contribution is 5.52. The van der Waals surface area contributed by atoms with Gasteiger partial charge in [-0.2, -0.15) is 5.26 Å². The van der Waals surface area contributed by atoms with Crippen molar-refractivity contribution in [3.8, 4) is 6.07 Å². The summed E-state index contributed by atoms with van der Waals surface area (Å²) in [6.07, 6.45) is 0.682. The molecule has 6 heteroatoms. The summed E-state index contributed by atoms with van der Waals surface area (Å²) in [6, 6.07) is 4.32. The van der Waals surface area contributed by atoms with Crippen LogP contribution in [0.4, 0.5) is 14.5 Å². The average Bonchev–Trinajstić information content (AvgIpc) is 2.46. The second kappa shape index (κ2) is 8.46. The van der Waals surface area contributed by atoms with Gasteiger partial charge in [0.25, 0.3) is 0 Å². The minimum Gasteiger partial charge on any atom is -0.385 e. The normalized spacial score (nSPS) is 10.3. The second-order valence-electron chi connectivity index (χ2n) is 4.20. The van der Waals surface area contributed by atoms with Crippen LogP contribution in [0, 0.1) is 23.0 Å². The lowest BCUT2D eigenvalue weighted by molar-refractivity contribution is 0.191. The molecule has 0 bridgehead atoms. The first-order valence-electron chi connectivity index (χ1n) is 6.26. The third-order valence-electron chi connectivity index (χ3n) is 2.86. The maximum atomic E-state index is 14.0. The number of methoxy groups -OCH3 is 2. The first-order chi connectivity index (χ1) is 9.65. The van der Waals surface area contributed by atoms with Crippen molar-refractivity contribution in [3.63, 3.8) is 0 Å². The number of hydrogen-bond acceptors (Lipinski definition) is 4. The summed E-state index contributed by atoms with van der Waals surface area (Å²) in [4.78, 5) is 1.68. The molecular weight excluding hydrogens is 266 g/mol. The Bertz CT molecular complexity index is 475. The molecule has 0 saturated heterocycles. The van der Waals surface area contributed by atoms with E-state index in [2.05, 4.69) is 0 Å². The fourth-order valence-corrected chi connectivity index (χ4v) is 1.82. The summed E-state index contributed by atoms with van der Waals surface area (Å²) in [5, 5.41) is 8.68. The molecule has 110 valence electrons. The molecule has 1 aromatic rings. The third-order valence-corrected chi connectivity index (χ3v) is 2.86. The molecule has 0 saturated carbocycles. The first-order valence-corrected chi connectivity index (χ1v) is 6.26. The summed E-state index contributed by atoms with van der Waals surface area (Å²) < 4.78 is 37.6. The molecule has 0 radical (unpaired) electrons. The molecule has 0 fully saturated rings. The Hall–Kier alpha value is -1.71. The van der Waals surface area contributed by atoms with Crippen molar-refractivity contribution in [3.05, 3.63) is 29.3 Å². The third kappa shape index (κ3) is 4.15. The minimum absolute atomic E-state index is 0.134. The molecule has 0 heterocycles. The summed E-state index contributed by atoms with van der Waals surface area (Å²) >= 11 is 0. The zero-order valence-corrected chi connectivity index (χ0v) is 11.7. The van der Waals surface area contributed by atoms with Crippen molar-refractivity contribution in [1.29, 1.82) is 5.26 Å². The Morgan fingerprint density at radius 3 is 2.40 bits per heavy atom. The fraction of sp³-hybridized carbons (Fsp3) is 0.500. The van der Waals surface area contributed by atoms with Crippen LogP contribution in [-0.2, 0) is 9.47 Å². The Kier molecular flexibility index (Phi) is 6.91. The van der Waals surface area contributed by atoms with Crippen molar-refractivity contribution in [2.45, 2.75) is 6.42 Å². The van der Waals surface area contributed by atoms with Gasteiger partial charge in [-0.1, -0.05) is 0 Å². The van der Waals surface area contributed by atoms with Crippen molar-refractivity contribution < 1.29 is 18.3 Å². The van der Waals surface area contributed by atoms with E-state index in [1.54, 1.807) is 25.2 Å². The number of nitrogens with zero attached hydrogens (tertiary/aromatic N) is 2. The summed E-state index contributed by atoms with van der Waals surface area (Å²) in [6.45, 7) is 1.87. The van der Waals surface area contributed by atoms with Gasteiger partial charge in [-0.15, -0.1) is 0 Å². The van der Waals surface area contributed by atoms with Gasteiger partial charge in [0.1, 0.15) is 6.07 Å². The lowest BCUT2D eigenvalue weighted by Crippen LogP contribution is -2.30. The molecule has 1 rings (SSSR count). The van der Waals surface area contributed by atoms with Gasteiger partial charge in [0, 0.05) is 33.9 Å². The highest BCUT2D eigenvalue weighted by Crippen LogP contribution is 2.24. The van der Waals surface area contributed by atoms with Crippen molar-refractivity contribution in [2.24, 2.45) is 0 Å². The van der Waals surface area contributed by atoms with Crippen LogP contribution in [0.3, 0.4) is 0 Å². The predicted molar refractivity (Wildman–Crippen MR) is 71.7 cm³/mol. The monoisotopic (exact) mass is 284 g/mol. The van der Waals surface area contributed by atoms with Gasteiger partial charge >= 0.3 is 0 Å². The largest absolute Gasteiger partial charge is 0.385 e. The maximum Gasteiger partial charge on any atom is 0.183 e. The van der Waals surface area contributed by atoms with E-state index in [0.717, 1.165) is 0 Å². The van der Waals surface area contributed by atoms with Crippen LogP contribution in [0.2, 0.25) is 0 Å². The molecule has 0 unspecified atom stereocenters. The van der Waals surface area contributed by atoms with Crippen LogP contribution >= 0.6 is 0 Å². The van der Waals surface area contributed by atoms with Crippen LogP contribution in [-0.4, -0.2) is 40.5 Å². The second-order valence-corrected chi connectivity index (χ2v) is 4.20. The van der Waals surface area contributed by atoms with E-state index in [0.29, 0.717) is 32.7 Å². The van der Waals surface area contributed by atoms with Crippen molar-refractivity contribution >= 4 is 5.69 Å². The van der Waals surface area contributed by atoms with Gasteiger partial charge in [0.15, 0.2) is 11.6 Å². The molecule has 0 amide bonds. The van der Waals surface area contributed by atoms with E-state index in [9.17, 15) is 8.78 Å². The molecule has 4 nitrogen and oxygen atoms in total. The molecule has 0 aliphatic heterocycles. The molecule has 20 heavy (non-hydrogen) atoms. The lowest BCUT2D eigenvalue weighted by Gasteiger charge is -2.25. The van der Waals surface area contributed by atoms with Crippen molar-refractivity contribution in [2.75, 3.05) is 45.4 Å². The smallest absolute Gasteiger partial charge is 0.183 e. The number of halogens is 2. The number of anilines is 1. The van der Waals surface area contributed by atoms with E-state index < -0.39 is 11.6 Å².